The van der Waals surface area contributed by atoms with Crippen molar-refractivity contribution in [3.63, 3.8) is 0 Å². The van der Waals surface area contributed by atoms with Crippen molar-refractivity contribution in [3.05, 3.63) is 27.2 Å². The van der Waals surface area contributed by atoms with E-state index in [4.69, 9.17) is 39.9 Å². The van der Waals surface area contributed by atoms with Crippen LogP contribution >= 0.6 is 34.8 Å². The molecule has 18 heavy (non-hydrogen) atoms. The molecule has 1 unspecified atom stereocenters. The molecule has 0 saturated carbocycles. The molecule has 1 aromatic rings. The fourth-order valence-corrected chi connectivity index (χ4v) is 2.09. The lowest BCUT2D eigenvalue weighted by molar-refractivity contribution is -0.138. The topological polar surface area (TPSA) is 49.3 Å². The predicted molar refractivity (Wildman–Crippen MR) is 76.0 cm³/mol. The molecule has 6 heteroatoms. The number of nitrogens with one attached hydrogen (secondary N) is 1. The number of hydrogen-bond acceptors (Lipinski definition) is 2. The first kappa shape index (κ1) is 15.4. The van der Waals surface area contributed by atoms with E-state index in [-0.39, 0.29) is 0 Å². The van der Waals surface area contributed by atoms with Crippen molar-refractivity contribution in [2.75, 3.05) is 5.32 Å². The third-order valence-corrected chi connectivity index (χ3v) is 3.52. The first-order valence-electron chi connectivity index (χ1n) is 5.59. The van der Waals surface area contributed by atoms with Crippen LogP contribution in [-0.2, 0) is 4.79 Å². The largest absolute Gasteiger partial charge is 0.480 e. The van der Waals surface area contributed by atoms with Crippen LogP contribution in [0.1, 0.15) is 26.2 Å². The number of carboxylic acid groups (broad SMARTS) is 1. The zero-order valence-corrected chi connectivity index (χ0v) is 12.1. The first-order valence-corrected chi connectivity index (χ1v) is 6.73. The van der Waals surface area contributed by atoms with Crippen LogP contribution in [0.4, 0.5) is 5.69 Å². The third-order valence-electron chi connectivity index (χ3n) is 2.48. The van der Waals surface area contributed by atoms with Crippen molar-refractivity contribution < 1.29 is 9.90 Å². The number of carbonyl (C=O) groups is 1. The van der Waals surface area contributed by atoms with Gasteiger partial charge in [0, 0.05) is 0 Å². The Morgan fingerprint density at radius 2 is 1.89 bits per heavy atom. The highest BCUT2D eigenvalue weighted by Crippen LogP contribution is 2.32. The maximum absolute atomic E-state index is 11.1. The van der Waals surface area contributed by atoms with E-state index in [1.54, 1.807) is 0 Å². The maximum atomic E-state index is 11.1. The lowest BCUT2D eigenvalue weighted by Crippen LogP contribution is -2.29. The van der Waals surface area contributed by atoms with Gasteiger partial charge in [0.25, 0.3) is 0 Å². The summed E-state index contributed by atoms with van der Waals surface area (Å²) in [6, 6.07) is 2.35. The number of carboxylic acids is 1. The summed E-state index contributed by atoms with van der Waals surface area (Å²) < 4.78 is 0. The van der Waals surface area contributed by atoms with Gasteiger partial charge in [-0.3, -0.25) is 0 Å². The number of hydrogen-bond donors (Lipinski definition) is 2. The third kappa shape index (κ3) is 4.23. The van der Waals surface area contributed by atoms with Crippen LogP contribution in [0.3, 0.4) is 0 Å². The molecular formula is C12H14Cl3NO2. The number of aliphatic carboxylic acids is 1. The number of unbranched alkanes of at least 4 members (excludes halogenated alkanes) is 1. The molecule has 1 rings (SSSR count). The van der Waals surface area contributed by atoms with Gasteiger partial charge in [-0.2, -0.15) is 0 Å². The minimum Gasteiger partial charge on any atom is -0.480 e. The van der Waals surface area contributed by atoms with Crippen LogP contribution in [0.15, 0.2) is 12.1 Å². The number of rotatable bonds is 6. The highest BCUT2D eigenvalue weighted by atomic mass is 35.5. The zero-order chi connectivity index (χ0) is 13.7. The molecule has 0 aliphatic rings. The van der Waals surface area contributed by atoms with Crippen LogP contribution < -0.4 is 5.32 Å². The van der Waals surface area contributed by atoms with Crippen LogP contribution in [-0.4, -0.2) is 17.1 Å². The maximum Gasteiger partial charge on any atom is 0.326 e. The van der Waals surface area contributed by atoms with Crippen molar-refractivity contribution in [1.82, 2.24) is 0 Å². The van der Waals surface area contributed by atoms with Crippen LogP contribution in [0.2, 0.25) is 15.1 Å². The lowest BCUT2D eigenvalue weighted by Gasteiger charge is -2.17. The molecule has 100 valence electrons. The Bertz CT molecular complexity index is 438. The van der Waals surface area contributed by atoms with Gasteiger partial charge in [0.05, 0.1) is 20.8 Å². The van der Waals surface area contributed by atoms with Gasteiger partial charge in [0.2, 0.25) is 0 Å². The normalized spacial score (nSPS) is 12.2. The zero-order valence-electron chi connectivity index (χ0n) is 9.84. The van der Waals surface area contributed by atoms with E-state index >= 15 is 0 Å². The minimum atomic E-state index is -0.911. The second-order valence-corrected chi connectivity index (χ2v) is 5.15. The van der Waals surface area contributed by atoms with Crippen LogP contribution in [0.25, 0.3) is 0 Å². The molecule has 0 saturated heterocycles. The molecule has 0 aliphatic carbocycles. The van der Waals surface area contributed by atoms with E-state index in [1.807, 2.05) is 6.92 Å². The molecular weight excluding hydrogens is 296 g/mol. The molecule has 1 aromatic carbocycles. The highest BCUT2D eigenvalue weighted by Gasteiger charge is 2.18. The Kier molecular flexibility index (Phi) is 6.06. The Morgan fingerprint density at radius 3 is 2.44 bits per heavy atom. The summed E-state index contributed by atoms with van der Waals surface area (Å²) in [6.07, 6.45) is 2.28. The molecule has 0 aliphatic heterocycles. The number of halogens is 3. The van der Waals surface area contributed by atoms with Gasteiger partial charge in [-0.25, -0.2) is 4.79 Å². The minimum absolute atomic E-state index is 0.336. The summed E-state index contributed by atoms with van der Waals surface area (Å²) in [6.45, 7) is 2.01. The van der Waals surface area contributed by atoms with E-state index in [1.165, 1.54) is 12.1 Å². The SMILES string of the molecule is CCCCC(Nc1cc(Cl)c(Cl)cc1Cl)C(=O)O. The second-order valence-electron chi connectivity index (χ2n) is 3.92. The number of benzene rings is 1. The molecule has 0 amide bonds. The van der Waals surface area contributed by atoms with Gasteiger partial charge in [-0.1, -0.05) is 54.6 Å². The average molecular weight is 311 g/mol. The van der Waals surface area contributed by atoms with Crippen molar-refractivity contribution in [1.29, 1.82) is 0 Å². The Labute approximate surface area is 121 Å². The Balaban J connectivity index is 2.86. The van der Waals surface area contributed by atoms with Gasteiger partial charge in [0.15, 0.2) is 0 Å². The molecule has 1 atom stereocenters. The Morgan fingerprint density at radius 1 is 1.28 bits per heavy atom. The molecule has 0 spiro atoms. The van der Waals surface area contributed by atoms with Crippen molar-refractivity contribution in [2.45, 2.75) is 32.2 Å². The van der Waals surface area contributed by atoms with Gasteiger partial charge < -0.3 is 10.4 Å². The van der Waals surface area contributed by atoms with Crippen molar-refractivity contribution in [3.8, 4) is 0 Å². The Hall–Kier alpha value is -0.640. The monoisotopic (exact) mass is 309 g/mol. The molecule has 3 nitrogen and oxygen atoms in total. The standard InChI is InChI=1S/C12H14Cl3NO2/c1-2-3-4-10(12(17)18)16-11-6-8(14)7(13)5-9(11)15/h5-6,10,16H,2-4H2,1H3,(H,17,18). The lowest BCUT2D eigenvalue weighted by atomic mass is 10.1. The number of anilines is 1. The summed E-state index contributed by atoms with van der Waals surface area (Å²) in [4.78, 5) is 11.1. The van der Waals surface area contributed by atoms with Gasteiger partial charge in [-0.15, -0.1) is 0 Å². The summed E-state index contributed by atoms with van der Waals surface area (Å²) in [7, 11) is 0. The van der Waals surface area contributed by atoms with Gasteiger partial charge in [0.1, 0.15) is 6.04 Å². The van der Waals surface area contributed by atoms with Crippen LogP contribution in [0, 0.1) is 0 Å². The first-order chi connectivity index (χ1) is 8.45. The summed E-state index contributed by atoms with van der Waals surface area (Å²) >= 11 is 17.7. The van der Waals surface area contributed by atoms with E-state index in [0.717, 1.165) is 12.8 Å². The second kappa shape index (κ2) is 7.07. The van der Waals surface area contributed by atoms with Gasteiger partial charge in [-0.05, 0) is 18.6 Å². The average Bonchev–Trinajstić information content (AvgIpc) is 2.30. The van der Waals surface area contributed by atoms with Gasteiger partial charge >= 0.3 is 5.97 Å². The summed E-state index contributed by atoms with van der Waals surface area (Å²) in [5.41, 5.74) is 0.481. The van der Waals surface area contributed by atoms with Crippen LogP contribution in [0.5, 0.6) is 0 Å². The summed E-state index contributed by atoms with van der Waals surface area (Å²) in [5, 5.41) is 13.0. The molecule has 0 bridgehead atoms. The molecule has 2 N–H and O–H groups in total. The predicted octanol–water partition coefficient (Wildman–Crippen LogP) is 4.70. The van der Waals surface area contributed by atoms with E-state index in [0.29, 0.717) is 27.2 Å². The van der Waals surface area contributed by atoms with E-state index in [2.05, 4.69) is 5.32 Å². The van der Waals surface area contributed by atoms with Crippen molar-refractivity contribution in [2.24, 2.45) is 0 Å². The molecule has 0 heterocycles. The summed E-state index contributed by atoms with van der Waals surface area (Å²) in [5.74, 6) is -0.911. The smallest absolute Gasteiger partial charge is 0.326 e. The van der Waals surface area contributed by atoms with E-state index in [9.17, 15) is 4.79 Å². The van der Waals surface area contributed by atoms with E-state index < -0.39 is 12.0 Å². The quantitative estimate of drug-likeness (QED) is 0.749. The molecule has 0 aromatic heterocycles. The van der Waals surface area contributed by atoms with Crippen molar-refractivity contribution >= 4 is 46.5 Å². The fourth-order valence-electron chi connectivity index (χ4n) is 1.49. The molecule has 0 fully saturated rings. The molecule has 0 radical (unpaired) electrons. The highest BCUT2D eigenvalue weighted by molar-refractivity contribution is 6.44. The fraction of sp³-hybridized carbons (Fsp3) is 0.417.